The average molecular weight is 397 g/mol. The molecule has 4 aliphatic rings. The smallest absolute Gasteiger partial charge is 0.251 e. The third kappa shape index (κ3) is 3.92. The predicted molar refractivity (Wildman–Crippen MR) is 113 cm³/mol. The Hall–Kier alpha value is -1.92. The topological polar surface area (TPSA) is 87.5 Å². The number of nitrogens with two attached hydrogens (primary N) is 1. The van der Waals surface area contributed by atoms with Crippen LogP contribution in [-0.2, 0) is 11.2 Å². The predicted octanol–water partition coefficient (Wildman–Crippen LogP) is 2.42. The minimum absolute atomic E-state index is 0.00135. The van der Waals surface area contributed by atoms with Gasteiger partial charge in [-0.15, -0.1) is 0 Å². The second-order valence-corrected chi connectivity index (χ2v) is 9.60. The number of anilines is 1. The summed E-state index contributed by atoms with van der Waals surface area (Å²) in [5.41, 5.74) is 8.49. The molecule has 156 valence electrons. The highest BCUT2D eigenvalue weighted by atomic mass is 16.2. The number of carbonyl (C=O) groups excluding carboxylic acids is 2. The molecule has 2 amide bonds. The summed E-state index contributed by atoms with van der Waals surface area (Å²) in [4.78, 5) is 27.1. The molecule has 1 aliphatic carbocycles. The maximum atomic E-state index is 12.8. The number of benzene rings is 1. The second kappa shape index (κ2) is 7.73. The lowest BCUT2D eigenvalue weighted by molar-refractivity contribution is -0.115. The Bertz CT molecular complexity index is 788. The van der Waals surface area contributed by atoms with Gasteiger partial charge in [0.05, 0.1) is 6.42 Å². The molecule has 3 heterocycles. The van der Waals surface area contributed by atoms with Crippen LogP contribution < -0.4 is 16.4 Å². The van der Waals surface area contributed by atoms with Crippen LogP contribution in [0, 0.1) is 5.92 Å². The highest BCUT2D eigenvalue weighted by Gasteiger charge is 2.42. The molecular formula is C23H32N4O2. The number of hydrogen-bond donors (Lipinski definition) is 3. The number of carbonyl (C=O) groups is 2. The fraction of sp³-hybridized carbons (Fsp3) is 0.652. The summed E-state index contributed by atoms with van der Waals surface area (Å²) in [6.45, 7) is 1.22. The normalized spacial score (nSPS) is 34.0. The molecule has 3 atom stereocenters. The lowest BCUT2D eigenvalue weighted by atomic mass is 9.85. The fourth-order valence-corrected chi connectivity index (χ4v) is 6.00. The number of amides is 2. The Balaban J connectivity index is 1.18. The van der Waals surface area contributed by atoms with Crippen molar-refractivity contribution in [2.45, 2.75) is 82.0 Å². The van der Waals surface area contributed by atoms with Gasteiger partial charge in [0, 0.05) is 42.0 Å². The standard InChI is InChI=1S/C23H32N4O2/c24-17-4-1-14(2-5-17)13-27-19-6-7-20(27)12-18(11-19)25-23(29)15-3-8-21-16(9-15)10-22(28)26-21/h3,8-9,14,17-20H,1-2,4-7,10-13,24H2,(H,25,29)(H,26,28)/t14?,17?,18?,19-,20+. The minimum atomic E-state index is -0.00809. The molecule has 0 spiro atoms. The van der Waals surface area contributed by atoms with Crippen LogP contribution in [0.5, 0.6) is 0 Å². The van der Waals surface area contributed by atoms with Gasteiger partial charge in [0.2, 0.25) is 5.91 Å². The minimum Gasteiger partial charge on any atom is -0.349 e. The van der Waals surface area contributed by atoms with Crippen LogP contribution in [0.1, 0.15) is 67.3 Å². The quantitative estimate of drug-likeness (QED) is 0.729. The lowest BCUT2D eigenvalue weighted by Crippen LogP contribution is -2.51. The molecule has 2 bridgehead atoms. The number of rotatable bonds is 4. The molecule has 1 aromatic rings. The Morgan fingerprint density at radius 3 is 2.55 bits per heavy atom. The molecule has 1 saturated carbocycles. The SMILES string of the molecule is NC1CCC(CN2[C@@H]3CC[C@H]2CC(NC(=O)c2ccc4c(c2)CC(=O)N4)C3)CC1. The van der Waals surface area contributed by atoms with Gasteiger partial charge in [-0.25, -0.2) is 0 Å². The summed E-state index contributed by atoms with van der Waals surface area (Å²) >= 11 is 0. The summed E-state index contributed by atoms with van der Waals surface area (Å²) < 4.78 is 0. The van der Waals surface area contributed by atoms with E-state index < -0.39 is 0 Å². The number of fused-ring (bicyclic) bond motifs is 3. The van der Waals surface area contributed by atoms with E-state index in [4.69, 9.17) is 5.73 Å². The summed E-state index contributed by atoms with van der Waals surface area (Å²) in [5.74, 6) is 0.791. The first-order chi connectivity index (χ1) is 14.0. The highest BCUT2D eigenvalue weighted by Crippen LogP contribution is 2.38. The van der Waals surface area contributed by atoms with E-state index in [1.54, 1.807) is 0 Å². The first kappa shape index (κ1) is 19.1. The zero-order valence-electron chi connectivity index (χ0n) is 17.0. The first-order valence-electron chi connectivity index (χ1n) is 11.3. The first-order valence-corrected chi connectivity index (χ1v) is 11.3. The fourth-order valence-electron chi connectivity index (χ4n) is 6.00. The van der Waals surface area contributed by atoms with Gasteiger partial charge in [-0.1, -0.05) is 0 Å². The molecule has 0 radical (unpaired) electrons. The average Bonchev–Trinajstić information content (AvgIpc) is 3.18. The van der Waals surface area contributed by atoms with Gasteiger partial charge in [0.25, 0.3) is 5.91 Å². The van der Waals surface area contributed by atoms with Gasteiger partial charge >= 0.3 is 0 Å². The van der Waals surface area contributed by atoms with Crippen LogP contribution in [0.3, 0.4) is 0 Å². The lowest BCUT2D eigenvalue weighted by Gasteiger charge is -2.42. The van der Waals surface area contributed by atoms with Gasteiger partial charge in [-0.2, -0.15) is 0 Å². The molecule has 3 fully saturated rings. The molecule has 5 rings (SSSR count). The van der Waals surface area contributed by atoms with Crippen molar-refractivity contribution in [1.82, 2.24) is 10.2 Å². The number of hydrogen-bond acceptors (Lipinski definition) is 4. The summed E-state index contributed by atoms with van der Waals surface area (Å²) in [7, 11) is 0. The number of piperidine rings is 1. The van der Waals surface area contributed by atoms with E-state index in [0.717, 1.165) is 30.0 Å². The molecule has 3 aliphatic heterocycles. The molecule has 4 N–H and O–H groups in total. The van der Waals surface area contributed by atoms with E-state index in [9.17, 15) is 9.59 Å². The third-order valence-electron chi connectivity index (χ3n) is 7.57. The largest absolute Gasteiger partial charge is 0.349 e. The van der Waals surface area contributed by atoms with Gasteiger partial charge in [-0.05, 0) is 81.0 Å². The van der Waals surface area contributed by atoms with Crippen LogP contribution in [0.15, 0.2) is 18.2 Å². The van der Waals surface area contributed by atoms with Crippen molar-refractivity contribution in [3.63, 3.8) is 0 Å². The number of nitrogens with one attached hydrogen (secondary N) is 2. The van der Waals surface area contributed by atoms with E-state index in [-0.39, 0.29) is 17.9 Å². The van der Waals surface area contributed by atoms with Crippen molar-refractivity contribution >= 4 is 17.5 Å². The zero-order chi connectivity index (χ0) is 20.0. The molecule has 6 nitrogen and oxygen atoms in total. The Morgan fingerprint density at radius 2 is 1.83 bits per heavy atom. The van der Waals surface area contributed by atoms with E-state index in [0.29, 0.717) is 30.1 Å². The maximum absolute atomic E-state index is 12.8. The van der Waals surface area contributed by atoms with Crippen molar-refractivity contribution < 1.29 is 9.59 Å². The van der Waals surface area contributed by atoms with Crippen LogP contribution in [-0.4, -0.2) is 47.4 Å². The maximum Gasteiger partial charge on any atom is 0.251 e. The zero-order valence-corrected chi connectivity index (χ0v) is 17.0. The Kier molecular flexibility index (Phi) is 5.08. The van der Waals surface area contributed by atoms with Crippen LogP contribution in [0.4, 0.5) is 5.69 Å². The van der Waals surface area contributed by atoms with Crippen LogP contribution >= 0.6 is 0 Å². The molecule has 29 heavy (non-hydrogen) atoms. The van der Waals surface area contributed by atoms with E-state index >= 15 is 0 Å². The number of nitrogens with zero attached hydrogens (tertiary/aromatic N) is 1. The van der Waals surface area contributed by atoms with Crippen molar-refractivity contribution in [1.29, 1.82) is 0 Å². The van der Waals surface area contributed by atoms with Gasteiger partial charge in [-0.3, -0.25) is 14.5 Å². The molecule has 0 aromatic heterocycles. The van der Waals surface area contributed by atoms with Crippen molar-refractivity contribution in [3.8, 4) is 0 Å². The third-order valence-corrected chi connectivity index (χ3v) is 7.57. The highest BCUT2D eigenvalue weighted by molar-refractivity contribution is 6.01. The summed E-state index contributed by atoms with van der Waals surface area (Å²) in [6, 6.07) is 7.41. The van der Waals surface area contributed by atoms with Gasteiger partial charge in [0.15, 0.2) is 0 Å². The molecule has 1 unspecified atom stereocenters. The van der Waals surface area contributed by atoms with E-state index in [1.807, 2.05) is 18.2 Å². The van der Waals surface area contributed by atoms with Crippen molar-refractivity contribution in [2.24, 2.45) is 11.7 Å². The van der Waals surface area contributed by atoms with Crippen molar-refractivity contribution in [3.05, 3.63) is 29.3 Å². The molecule has 6 heteroatoms. The Morgan fingerprint density at radius 1 is 1.10 bits per heavy atom. The molecule has 2 saturated heterocycles. The summed E-state index contributed by atoms with van der Waals surface area (Å²) in [5, 5.41) is 6.10. The van der Waals surface area contributed by atoms with E-state index in [2.05, 4.69) is 15.5 Å². The Labute approximate surface area is 172 Å². The monoisotopic (exact) mass is 396 g/mol. The van der Waals surface area contributed by atoms with Crippen molar-refractivity contribution in [2.75, 3.05) is 11.9 Å². The van der Waals surface area contributed by atoms with Crippen LogP contribution in [0.2, 0.25) is 0 Å². The van der Waals surface area contributed by atoms with Gasteiger partial charge in [0.1, 0.15) is 0 Å². The van der Waals surface area contributed by atoms with Crippen LogP contribution in [0.25, 0.3) is 0 Å². The van der Waals surface area contributed by atoms with E-state index in [1.165, 1.54) is 45.1 Å². The molecular weight excluding hydrogens is 364 g/mol. The molecule has 1 aromatic carbocycles. The van der Waals surface area contributed by atoms with Gasteiger partial charge < -0.3 is 16.4 Å². The summed E-state index contributed by atoms with van der Waals surface area (Å²) in [6.07, 6.45) is 9.89. The second-order valence-electron chi connectivity index (χ2n) is 9.60.